The number of nitrogens with zero attached hydrogens (tertiary/aromatic N) is 4. The fraction of sp³-hybridized carbons (Fsp3) is 0.136. The second kappa shape index (κ2) is 7.60. The van der Waals surface area contributed by atoms with Gasteiger partial charge in [0.25, 0.3) is 5.91 Å². The first-order chi connectivity index (χ1) is 13.6. The van der Waals surface area contributed by atoms with Crippen LogP contribution in [0.5, 0.6) is 0 Å². The zero-order chi connectivity index (χ0) is 19.5. The lowest BCUT2D eigenvalue weighted by atomic mass is 10.1. The maximum absolute atomic E-state index is 13.3. The lowest BCUT2D eigenvalue weighted by Crippen LogP contribution is -2.26. The zero-order valence-corrected chi connectivity index (χ0v) is 15.4. The van der Waals surface area contributed by atoms with E-state index >= 15 is 0 Å². The van der Waals surface area contributed by atoms with Crippen molar-refractivity contribution in [2.45, 2.75) is 13.1 Å². The third-order valence-corrected chi connectivity index (χ3v) is 4.61. The standard InChI is InChI=1S/C22H19FN4O/c1-26(14-17-5-4-6-19(23)13-17)22(28)18-11-9-16(10-12-18)15-27-21-8-3-2-7-20(21)24-25-27/h2-13H,14-15H2,1H3. The Morgan fingerprint density at radius 2 is 1.79 bits per heavy atom. The number of halogens is 1. The van der Waals surface area contributed by atoms with Crippen molar-refractivity contribution < 1.29 is 9.18 Å². The van der Waals surface area contributed by atoms with Crippen LogP contribution in [0, 0.1) is 5.82 Å². The number of carbonyl (C=O) groups excluding carboxylic acids is 1. The summed E-state index contributed by atoms with van der Waals surface area (Å²) in [5.74, 6) is -0.412. The SMILES string of the molecule is CN(Cc1cccc(F)c1)C(=O)c1ccc(Cn2nnc3ccccc32)cc1. The fourth-order valence-corrected chi connectivity index (χ4v) is 3.16. The zero-order valence-electron chi connectivity index (χ0n) is 15.4. The molecule has 0 saturated carbocycles. The average molecular weight is 374 g/mol. The number of fused-ring (bicyclic) bond motifs is 1. The van der Waals surface area contributed by atoms with Gasteiger partial charge in [0.05, 0.1) is 12.1 Å². The molecule has 0 radical (unpaired) electrons. The fourth-order valence-electron chi connectivity index (χ4n) is 3.16. The van der Waals surface area contributed by atoms with Crippen molar-refractivity contribution in [3.8, 4) is 0 Å². The van der Waals surface area contributed by atoms with Crippen molar-refractivity contribution in [1.29, 1.82) is 0 Å². The van der Waals surface area contributed by atoms with Crippen LogP contribution in [0.25, 0.3) is 11.0 Å². The first-order valence-corrected chi connectivity index (χ1v) is 8.97. The highest BCUT2D eigenvalue weighted by Gasteiger charge is 2.13. The number of amides is 1. The first kappa shape index (κ1) is 17.9. The number of para-hydroxylation sites is 1. The molecule has 1 heterocycles. The first-order valence-electron chi connectivity index (χ1n) is 8.97. The minimum Gasteiger partial charge on any atom is -0.337 e. The van der Waals surface area contributed by atoms with Gasteiger partial charge in [-0.25, -0.2) is 9.07 Å². The summed E-state index contributed by atoms with van der Waals surface area (Å²) in [5.41, 5.74) is 4.20. The van der Waals surface area contributed by atoms with Crippen molar-refractivity contribution in [3.05, 3.63) is 95.3 Å². The summed E-state index contributed by atoms with van der Waals surface area (Å²) < 4.78 is 15.2. The van der Waals surface area contributed by atoms with Gasteiger partial charge in [0, 0.05) is 19.2 Å². The van der Waals surface area contributed by atoms with Crippen LogP contribution >= 0.6 is 0 Å². The molecule has 1 aromatic heterocycles. The number of aromatic nitrogens is 3. The molecular weight excluding hydrogens is 355 g/mol. The van der Waals surface area contributed by atoms with Crippen LogP contribution < -0.4 is 0 Å². The van der Waals surface area contributed by atoms with E-state index in [9.17, 15) is 9.18 Å². The summed E-state index contributed by atoms with van der Waals surface area (Å²) in [6.07, 6.45) is 0. The van der Waals surface area contributed by atoms with E-state index in [4.69, 9.17) is 0 Å². The van der Waals surface area contributed by atoms with E-state index in [-0.39, 0.29) is 11.7 Å². The highest BCUT2D eigenvalue weighted by molar-refractivity contribution is 5.94. The van der Waals surface area contributed by atoms with E-state index in [0.29, 0.717) is 18.7 Å². The molecule has 4 rings (SSSR count). The summed E-state index contributed by atoms with van der Waals surface area (Å²) in [6, 6.07) is 21.5. The number of benzene rings is 3. The van der Waals surface area contributed by atoms with Crippen molar-refractivity contribution in [3.63, 3.8) is 0 Å². The summed E-state index contributed by atoms with van der Waals surface area (Å²) in [7, 11) is 1.71. The van der Waals surface area contributed by atoms with Crippen LogP contribution in [0.3, 0.4) is 0 Å². The van der Waals surface area contributed by atoms with Crippen molar-refractivity contribution in [2.75, 3.05) is 7.05 Å². The quantitative estimate of drug-likeness (QED) is 0.533. The van der Waals surface area contributed by atoms with E-state index in [1.807, 2.05) is 41.1 Å². The van der Waals surface area contributed by atoms with Gasteiger partial charge in [-0.3, -0.25) is 4.79 Å². The van der Waals surface area contributed by atoms with Crippen LogP contribution in [-0.4, -0.2) is 32.8 Å². The molecule has 3 aromatic carbocycles. The maximum atomic E-state index is 13.3. The van der Waals surface area contributed by atoms with Crippen molar-refractivity contribution >= 4 is 16.9 Å². The van der Waals surface area contributed by atoms with Gasteiger partial charge in [0.1, 0.15) is 11.3 Å². The number of hydrogen-bond acceptors (Lipinski definition) is 3. The molecule has 0 aliphatic carbocycles. The number of hydrogen-bond donors (Lipinski definition) is 0. The number of rotatable bonds is 5. The van der Waals surface area contributed by atoms with Crippen molar-refractivity contribution in [2.24, 2.45) is 0 Å². The predicted molar refractivity (Wildman–Crippen MR) is 105 cm³/mol. The predicted octanol–water partition coefficient (Wildman–Crippen LogP) is 3.89. The van der Waals surface area contributed by atoms with Gasteiger partial charge in [-0.15, -0.1) is 5.10 Å². The van der Waals surface area contributed by atoms with Gasteiger partial charge < -0.3 is 4.90 Å². The van der Waals surface area contributed by atoms with E-state index in [1.54, 1.807) is 36.2 Å². The lowest BCUT2D eigenvalue weighted by molar-refractivity contribution is 0.0785. The molecule has 140 valence electrons. The topological polar surface area (TPSA) is 51.0 Å². The summed E-state index contributed by atoms with van der Waals surface area (Å²) in [6.45, 7) is 0.928. The van der Waals surface area contributed by atoms with E-state index in [1.165, 1.54) is 12.1 Å². The average Bonchev–Trinajstić information content (AvgIpc) is 3.11. The smallest absolute Gasteiger partial charge is 0.253 e. The van der Waals surface area contributed by atoms with Crippen LogP contribution in [0.4, 0.5) is 4.39 Å². The molecule has 28 heavy (non-hydrogen) atoms. The Morgan fingerprint density at radius 3 is 2.57 bits per heavy atom. The molecular formula is C22H19FN4O. The molecule has 0 unspecified atom stereocenters. The molecule has 5 nitrogen and oxygen atoms in total. The molecule has 0 N–H and O–H groups in total. The second-order valence-corrected chi connectivity index (χ2v) is 6.72. The summed E-state index contributed by atoms with van der Waals surface area (Å²) in [5, 5.41) is 8.35. The molecule has 1 amide bonds. The Hall–Kier alpha value is -3.54. The van der Waals surface area contributed by atoms with Crippen LogP contribution in [-0.2, 0) is 13.1 Å². The molecule has 0 fully saturated rings. The third kappa shape index (κ3) is 3.76. The number of carbonyl (C=O) groups is 1. The Balaban J connectivity index is 1.45. The lowest BCUT2D eigenvalue weighted by Gasteiger charge is -2.17. The van der Waals surface area contributed by atoms with E-state index in [2.05, 4.69) is 10.3 Å². The van der Waals surface area contributed by atoms with E-state index in [0.717, 1.165) is 22.2 Å². The molecule has 6 heteroatoms. The van der Waals surface area contributed by atoms with Gasteiger partial charge >= 0.3 is 0 Å². The summed E-state index contributed by atoms with van der Waals surface area (Å²) in [4.78, 5) is 14.2. The maximum Gasteiger partial charge on any atom is 0.253 e. The van der Waals surface area contributed by atoms with Crippen molar-refractivity contribution in [1.82, 2.24) is 19.9 Å². The van der Waals surface area contributed by atoms with E-state index < -0.39 is 0 Å². The summed E-state index contributed by atoms with van der Waals surface area (Å²) >= 11 is 0. The molecule has 0 aliphatic rings. The monoisotopic (exact) mass is 374 g/mol. The highest BCUT2D eigenvalue weighted by Crippen LogP contribution is 2.14. The van der Waals surface area contributed by atoms with Gasteiger partial charge in [0.2, 0.25) is 0 Å². The molecule has 4 aromatic rings. The van der Waals surface area contributed by atoms with Gasteiger partial charge in [0.15, 0.2) is 0 Å². The second-order valence-electron chi connectivity index (χ2n) is 6.72. The van der Waals surface area contributed by atoms with Crippen LogP contribution in [0.1, 0.15) is 21.5 Å². The van der Waals surface area contributed by atoms with Gasteiger partial charge in [-0.05, 0) is 47.5 Å². The minimum atomic E-state index is -0.302. The largest absolute Gasteiger partial charge is 0.337 e. The van der Waals surface area contributed by atoms with Gasteiger partial charge in [-0.1, -0.05) is 41.6 Å². The Bertz CT molecular complexity index is 1120. The molecule has 0 bridgehead atoms. The Morgan fingerprint density at radius 1 is 1.00 bits per heavy atom. The third-order valence-electron chi connectivity index (χ3n) is 4.61. The Kier molecular flexibility index (Phi) is 4.85. The normalized spacial score (nSPS) is 10.9. The molecule has 0 saturated heterocycles. The van der Waals surface area contributed by atoms with Crippen LogP contribution in [0.15, 0.2) is 72.8 Å². The molecule has 0 spiro atoms. The van der Waals surface area contributed by atoms with Gasteiger partial charge in [-0.2, -0.15) is 0 Å². The Labute approximate surface area is 162 Å². The van der Waals surface area contributed by atoms with Crippen LogP contribution in [0.2, 0.25) is 0 Å². The molecule has 0 atom stereocenters. The highest BCUT2D eigenvalue weighted by atomic mass is 19.1. The minimum absolute atomic E-state index is 0.109. The molecule has 0 aliphatic heterocycles.